The maximum Gasteiger partial charge on any atom is 0.227 e. The first-order chi connectivity index (χ1) is 11.3. The number of allylic oxidation sites excluding steroid dienone is 1. The summed E-state index contributed by atoms with van der Waals surface area (Å²) in [7, 11) is 0. The van der Waals surface area contributed by atoms with Crippen molar-refractivity contribution in [2.45, 2.75) is 45.6 Å². The Balaban J connectivity index is 1.97. The average molecular weight is 309 g/mol. The molecule has 0 saturated carbocycles. The molecular formula is C20H25N2O+. The normalized spacial score (nSPS) is 11.0. The Bertz CT molecular complexity index is 635. The van der Waals surface area contributed by atoms with Crippen LogP contribution in [-0.2, 0) is 6.54 Å². The highest BCUT2D eigenvalue weighted by Gasteiger charge is 2.14. The monoisotopic (exact) mass is 309 g/mol. The van der Waals surface area contributed by atoms with Crippen molar-refractivity contribution in [1.29, 1.82) is 0 Å². The molecule has 0 aliphatic carbocycles. The summed E-state index contributed by atoms with van der Waals surface area (Å²) in [5.41, 5.74) is 1.71. The molecule has 0 aliphatic heterocycles. The van der Waals surface area contributed by atoms with E-state index < -0.39 is 0 Å². The van der Waals surface area contributed by atoms with Crippen molar-refractivity contribution in [1.82, 2.24) is 4.98 Å². The minimum Gasteiger partial charge on any atom is -0.287 e. The third kappa shape index (κ3) is 5.78. The highest BCUT2D eigenvalue weighted by molar-refractivity contribution is 5.94. The first-order valence-corrected chi connectivity index (χ1v) is 8.39. The van der Waals surface area contributed by atoms with Crippen molar-refractivity contribution in [2.24, 2.45) is 0 Å². The van der Waals surface area contributed by atoms with E-state index >= 15 is 0 Å². The largest absolute Gasteiger partial charge is 0.287 e. The first-order valence-electron chi connectivity index (χ1n) is 8.39. The number of Topliss-reactive ketones (excluding diaryl/α,β-unsaturated/α-hetero) is 1. The maximum atomic E-state index is 12.3. The van der Waals surface area contributed by atoms with Crippen molar-refractivity contribution in [2.75, 3.05) is 0 Å². The number of carbonyl (C=O) groups is 1. The van der Waals surface area contributed by atoms with Gasteiger partial charge < -0.3 is 0 Å². The number of rotatable bonds is 9. The summed E-state index contributed by atoms with van der Waals surface area (Å²) in [6, 6.07) is 9.41. The maximum absolute atomic E-state index is 12.3. The Hall–Kier alpha value is -2.29. The minimum absolute atomic E-state index is 0.111. The fourth-order valence-electron chi connectivity index (χ4n) is 2.44. The topological polar surface area (TPSA) is 33.8 Å². The number of nitrogens with zero attached hydrogens (tertiary/aromatic N) is 2. The molecule has 23 heavy (non-hydrogen) atoms. The van der Waals surface area contributed by atoms with Crippen LogP contribution in [0.5, 0.6) is 0 Å². The second kappa shape index (κ2) is 9.67. The molecule has 0 spiro atoms. The predicted octanol–water partition coefficient (Wildman–Crippen LogP) is 4.24. The van der Waals surface area contributed by atoms with Crippen molar-refractivity contribution in [3.63, 3.8) is 0 Å². The lowest BCUT2D eigenvalue weighted by molar-refractivity contribution is -0.685. The zero-order chi connectivity index (χ0) is 16.3. The fraction of sp³-hybridized carbons (Fsp3) is 0.350. The van der Waals surface area contributed by atoms with E-state index in [4.69, 9.17) is 0 Å². The summed E-state index contributed by atoms with van der Waals surface area (Å²) >= 11 is 0. The molecule has 0 N–H and O–H groups in total. The first kappa shape index (κ1) is 17.1. The molecule has 2 rings (SSSR count). The van der Waals surface area contributed by atoms with Crippen LogP contribution in [0.1, 0.15) is 55.1 Å². The second-order valence-electron chi connectivity index (χ2n) is 5.67. The lowest BCUT2D eigenvalue weighted by Crippen LogP contribution is -2.40. The summed E-state index contributed by atoms with van der Waals surface area (Å²) in [5.74, 6) is 0.111. The van der Waals surface area contributed by atoms with Gasteiger partial charge in [0.2, 0.25) is 18.0 Å². The van der Waals surface area contributed by atoms with Crippen LogP contribution in [0.2, 0.25) is 0 Å². The summed E-state index contributed by atoms with van der Waals surface area (Å²) in [4.78, 5) is 16.5. The summed E-state index contributed by atoms with van der Waals surface area (Å²) < 4.78 is 1.95. The van der Waals surface area contributed by atoms with Crippen LogP contribution in [0.15, 0.2) is 55.0 Å². The number of hydrogen-bond donors (Lipinski definition) is 0. The molecule has 3 nitrogen and oxygen atoms in total. The zero-order valence-corrected chi connectivity index (χ0v) is 13.8. The molecule has 120 valence electrons. The number of aromatic nitrogens is 2. The lowest BCUT2D eigenvalue weighted by atomic mass is 10.1. The van der Waals surface area contributed by atoms with Gasteiger partial charge in [0.1, 0.15) is 0 Å². The summed E-state index contributed by atoms with van der Waals surface area (Å²) in [5, 5.41) is 0. The molecule has 0 amide bonds. The highest BCUT2D eigenvalue weighted by atomic mass is 16.1. The second-order valence-corrected chi connectivity index (χ2v) is 5.67. The van der Waals surface area contributed by atoms with Gasteiger partial charge in [0.25, 0.3) is 0 Å². The molecule has 2 aromatic rings. The Morgan fingerprint density at radius 1 is 1.17 bits per heavy atom. The zero-order valence-electron chi connectivity index (χ0n) is 13.8. The summed E-state index contributed by atoms with van der Waals surface area (Å²) in [6.45, 7) is 2.56. The number of carbonyl (C=O) groups excluding carboxylic acids is 1. The molecule has 0 unspecified atom stereocenters. The number of ketones is 1. The molecular weight excluding hydrogens is 284 g/mol. The molecule has 0 radical (unpaired) electrons. The van der Waals surface area contributed by atoms with Gasteiger partial charge in [0.05, 0.1) is 12.4 Å². The van der Waals surface area contributed by atoms with Crippen molar-refractivity contribution in [3.05, 3.63) is 66.3 Å². The molecule has 0 bridgehead atoms. The minimum atomic E-state index is 0.111. The van der Waals surface area contributed by atoms with E-state index in [1.807, 2.05) is 41.1 Å². The van der Waals surface area contributed by atoms with Gasteiger partial charge in [-0.2, -0.15) is 4.57 Å². The average Bonchev–Trinajstić information content (AvgIpc) is 2.60. The Morgan fingerprint density at radius 2 is 2.00 bits per heavy atom. The van der Waals surface area contributed by atoms with E-state index in [9.17, 15) is 4.79 Å². The van der Waals surface area contributed by atoms with Gasteiger partial charge >= 0.3 is 0 Å². The summed E-state index contributed by atoms with van der Waals surface area (Å²) in [6.07, 6.45) is 15.7. The van der Waals surface area contributed by atoms with Gasteiger partial charge in [-0.15, -0.1) is 0 Å². The van der Waals surface area contributed by atoms with E-state index in [0.717, 1.165) is 17.7 Å². The van der Waals surface area contributed by atoms with E-state index in [1.54, 1.807) is 12.4 Å². The standard InChI is InChI=1S/C20H25N2O/c1-2-3-4-5-6-10-13-19-16-21-14-15-22(19)17-20(23)18-11-8-7-9-12-18/h7-16H,2-6,17H2,1H3/q+1. The number of hydrogen-bond acceptors (Lipinski definition) is 2. The quantitative estimate of drug-likeness (QED) is 0.394. The SMILES string of the molecule is CCCCCCC=Cc1cncc[n+]1CC(=O)c1ccccc1. The molecule has 1 heterocycles. The van der Waals surface area contributed by atoms with Crippen LogP contribution >= 0.6 is 0 Å². The van der Waals surface area contributed by atoms with Crippen LogP contribution in [0.4, 0.5) is 0 Å². The van der Waals surface area contributed by atoms with E-state index in [1.165, 1.54) is 25.7 Å². The van der Waals surface area contributed by atoms with E-state index in [2.05, 4.69) is 24.1 Å². The van der Waals surface area contributed by atoms with E-state index in [-0.39, 0.29) is 5.78 Å². The van der Waals surface area contributed by atoms with Crippen LogP contribution in [0, 0.1) is 0 Å². The Labute approximate surface area is 138 Å². The van der Waals surface area contributed by atoms with Gasteiger partial charge in [0, 0.05) is 11.6 Å². The number of benzene rings is 1. The molecule has 0 atom stereocenters. The van der Waals surface area contributed by atoms with Crippen LogP contribution in [0.25, 0.3) is 6.08 Å². The van der Waals surface area contributed by atoms with Gasteiger partial charge in [-0.25, -0.2) is 0 Å². The van der Waals surface area contributed by atoms with Crippen molar-refractivity contribution >= 4 is 11.9 Å². The Kier molecular flexibility index (Phi) is 7.18. The molecule has 1 aromatic carbocycles. The van der Waals surface area contributed by atoms with Crippen molar-refractivity contribution in [3.8, 4) is 0 Å². The van der Waals surface area contributed by atoms with Crippen LogP contribution in [0.3, 0.4) is 0 Å². The molecule has 0 saturated heterocycles. The van der Waals surface area contributed by atoms with E-state index in [0.29, 0.717) is 6.54 Å². The molecule has 0 aliphatic rings. The smallest absolute Gasteiger partial charge is 0.227 e. The highest BCUT2D eigenvalue weighted by Crippen LogP contribution is 2.05. The Morgan fingerprint density at radius 3 is 2.78 bits per heavy atom. The molecule has 3 heteroatoms. The number of unbranched alkanes of at least 4 members (excludes halogenated alkanes) is 4. The third-order valence-corrected chi connectivity index (χ3v) is 3.79. The van der Waals surface area contributed by atoms with Crippen LogP contribution < -0.4 is 4.57 Å². The van der Waals surface area contributed by atoms with Gasteiger partial charge in [0.15, 0.2) is 6.20 Å². The van der Waals surface area contributed by atoms with Crippen molar-refractivity contribution < 1.29 is 9.36 Å². The van der Waals surface area contributed by atoms with Crippen LogP contribution in [-0.4, -0.2) is 10.8 Å². The third-order valence-electron chi connectivity index (χ3n) is 3.79. The van der Waals surface area contributed by atoms with Gasteiger partial charge in [-0.3, -0.25) is 9.78 Å². The van der Waals surface area contributed by atoms with Gasteiger partial charge in [-0.1, -0.05) is 62.6 Å². The molecule has 0 fully saturated rings. The van der Waals surface area contributed by atoms with Gasteiger partial charge in [-0.05, 0) is 12.8 Å². The predicted molar refractivity (Wildman–Crippen MR) is 93.0 cm³/mol. The fourth-order valence-corrected chi connectivity index (χ4v) is 2.44. The molecule has 1 aromatic heterocycles. The lowest BCUT2D eigenvalue weighted by Gasteiger charge is -2.00.